The lowest BCUT2D eigenvalue weighted by Crippen LogP contribution is -2.52. The van der Waals surface area contributed by atoms with Crippen LogP contribution in [0.25, 0.3) is 0 Å². The molecule has 0 heterocycles. The molecule has 5 N–H and O–H groups in total. The summed E-state index contributed by atoms with van der Waals surface area (Å²) in [5.74, 6) is -0.461. The van der Waals surface area contributed by atoms with E-state index in [1.807, 2.05) is 19.2 Å². The second-order valence-electron chi connectivity index (χ2n) is 3.76. The van der Waals surface area contributed by atoms with Gasteiger partial charge in [0, 0.05) is 12.6 Å². The quantitative estimate of drug-likeness (QED) is 0.571. The van der Waals surface area contributed by atoms with Crippen molar-refractivity contribution in [3.63, 3.8) is 0 Å². The number of carbonyl (C=O) groups excluding carboxylic acids is 2. The summed E-state index contributed by atoms with van der Waals surface area (Å²) in [5.41, 5.74) is 10.3. The number of amides is 3. The Hall–Kier alpha value is -1.21. The van der Waals surface area contributed by atoms with Crippen LogP contribution < -0.4 is 16.8 Å². The first-order valence-corrected chi connectivity index (χ1v) is 5.30. The highest BCUT2D eigenvalue weighted by atomic mass is 32.1. The molecular weight excluding hydrogens is 228 g/mol. The molecule has 92 valence electrons. The van der Waals surface area contributed by atoms with E-state index < -0.39 is 18.0 Å². The van der Waals surface area contributed by atoms with Gasteiger partial charge in [-0.05, 0) is 20.8 Å². The Labute approximate surface area is 100 Å². The third-order valence-electron chi connectivity index (χ3n) is 2.13. The predicted molar refractivity (Wildman–Crippen MR) is 65.8 cm³/mol. The van der Waals surface area contributed by atoms with Crippen LogP contribution in [-0.4, -0.2) is 40.5 Å². The van der Waals surface area contributed by atoms with Crippen molar-refractivity contribution in [1.82, 2.24) is 10.2 Å². The minimum Gasteiger partial charge on any atom is -0.392 e. The van der Waals surface area contributed by atoms with E-state index >= 15 is 0 Å². The van der Waals surface area contributed by atoms with Gasteiger partial charge in [0.15, 0.2) is 0 Å². The zero-order valence-corrected chi connectivity index (χ0v) is 10.5. The summed E-state index contributed by atoms with van der Waals surface area (Å²) in [5, 5.41) is 2.03. The maximum atomic E-state index is 11.5. The second-order valence-corrected chi connectivity index (χ2v) is 4.29. The van der Waals surface area contributed by atoms with E-state index in [0.717, 1.165) is 0 Å². The summed E-state index contributed by atoms with van der Waals surface area (Å²) >= 11 is 4.80. The van der Waals surface area contributed by atoms with Crippen LogP contribution in [0.15, 0.2) is 0 Å². The fourth-order valence-electron chi connectivity index (χ4n) is 1.32. The fraction of sp³-hybridized carbons (Fsp3) is 0.667. The SMILES string of the molecule is CC(C)N(CC(N)=S)C(C)C(=O)NC(N)=O. The summed E-state index contributed by atoms with van der Waals surface area (Å²) in [6.07, 6.45) is 0. The van der Waals surface area contributed by atoms with Crippen LogP contribution in [0.3, 0.4) is 0 Å². The molecule has 6 nitrogen and oxygen atoms in total. The van der Waals surface area contributed by atoms with Crippen LogP contribution in [0.2, 0.25) is 0 Å². The zero-order valence-electron chi connectivity index (χ0n) is 9.69. The molecule has 0 saturated heterocycles. The molecule has 0 aliphatic heterocycles. The van der Waals surface area contributed by atoms with Crippen LogP contribution in [0, 0.1) is 0 Å². The molecule has 0 radical (unpaired) electrons. The minimum atomic E-state index is -0.865. The average Bonchev–Trinajstić information content (AvgIpc) is 2.11. The average molecular weight is 246 g/mol. The Bertz CT molecular complexity index is 293. The van der Waals surface area contributed by atoms with E-state index in [0.29, 0.717) is 11.5 Å². The van der Waals surface area contributed by atoms with E-state index in [1.165, 1.54) is 0 Å². The molecule has 0 aromatic heterocycles. The predicted octanol–water partition coefficient (Wildman–Crippen LogP) is -0.434. The van der Waals surface area contributed by atoms with Crippen molar-refractivity contribution >= 4 is 29.1 Å². The first-order valence-electron chi connectivity index (χ1n) is 4.90. The topological polar surface area (TPSA) is 101 Å². The van der Waals surface area contributed by atoms with Crippen molar-refractivity contribution in [2.45, 2.75) is 32.9 Å². The van der Waals surface area contributed by atoms with Gasteiger partial charge >= 0.3 is 6.03 Å². The molecule has 16 heavy (non-hydrogen) atoms. The number of nitrogens with two attached hydrogens (primary N) is 2. The molecule has 3 amide bonds. The van der Waals surface area contributed by atoms with Gasteiger partial charge in [0.05, 0.1) is 11.0 Å². The Morgan fingerprint density at radius 3 is 2.12 bits per heavy atom. The van der Waals surface area contributed by atoms with Crippen molar-refractivity contribution in [3.8, 4) is 0 Å². The van der Waals surface area contributed by atoms with Crippen LogP contribution in [-0.2, 0) is 4.79 Å². The van der Waals surface area contributed by atoms with Crippen LogP contribution >= 0.6 is 12.2 Å². The van der Waals surface area contributed by atoms with Gasteiger partial charge in [-0.1, -0.05) is 12.2 Å². The van der Waals surface area contributed by atoms with Gasteiger partial charge in [-0.3, -0.25) is 15.0 Å². The van der Waals surface area contributed by atoms with Gasteiger partial charge in [-0.15, -0.1) is 0 Å². The molecule has 0 bridgehead atoms. The lowest BCUT2D eigenvalue weighted by molar-refractivity contribution is -0.125. The van der Waals surface area contributed by atoms with Crippen LogP contribution in [0.1, 0.15) is 20.8 Å². The Balaban J connectivity index is 4.60. The van der Waals surface area contributed by atoms with Crippen LogP contribution in [0.4, 0.5) is 4.79 Å². The van der Waals surface area contributed by atoms with E-state index in [1.54, 1.807) is 11.8 Å². The molecule has 0 saturated carbocycles. The zero-order chi connectivity index (χ0) is 12.9. The molecule has 0 aliphatic carbocycles. The highest BCUT2D eigenvalue weighted by Crippen LogP contribution is 2.05. The lowest BCUT2D eigenvalue weighted by Gasteiger charge is -2.30. The smallest absolute Gasteiger partial charge is 0.318 e. The van der Waals surface area contributed by atoms with E-state index in [2.05, 4.69) is 0 Å². The Kier molecular flexibility index (Phi) is 5.91. The second kappa shape index (κ2) is 6.39. The fourth-order valence-corrected chi connectivity index (χ4v) is 1.47. The third kappa shape index (κ3) is 5.04. The van der Waals surface area contributed by atoms with E-state index in [4.69, 9.17) is 23.7 Å². The number of primary amides is 1. The number of rotatable bonds is 5. The summed E-state index contributed by atoms with van der Waals surface area (Å²) in [6.45, 7) is 5.80. The summed E-state index contributed by atoms with van der Waals surface area (Å²) < 4.78 is 0. The first-order chi connectivity index (χ1) is 7.25. The molecule has 1 unspecified atom stereocenters. The largest absolute Gasteiger partial charge is 0.392 e. The number of nitrogens with zero attached hydrogens (tertiary/aromatic N) is 1. The number of hydrogen-bond donors (Lipinski definition) is 3. The number of urea groups is 1. The van der Waals surface area contributed by atoms with Gasteiger partial charge in [-0.2, -0.15) is 0 Å². The minimum absolute atomic E-state index is 0.0788. The molecule has 0 aromatic rings. The van der Waals surface area contributed by atoms with Gasteiger partial charge in [0.1, 0.15) is 0 Å². The first kappa shape index (κ1) is 14.8. The standard InChI is InChI=1S/C9H18N4O2S/c1-5(2)13(4-7(10)16)6(3)8(14)12-9(11)15/h5-6H,4H2,1-3H3,(H2,10,16)(H3,11,12,14,15). The van der Waals surface area contributed by atoms with Gasteiger partial charge in [-0.25, -0.2) is 4.79 Å². The number of thiocarbonyl (C=S) groups is 1. The molecule has 0 spiro atoms. The molecular formula is C9H18N4O2S. The highest BCUT2D eigenvalue weighted by molar-refractivity contribution is 7.80. The number of imide groups is 1. The highest BCUT2D eigenvalue weighted by Gasteiger charge is 2.24. The Morgan fingerprint density at radius 1 is 1.31 bits per heavy atom. The molecule has 1 atom stereocenters. The van der Waals surface area contributed by atoms with Crippen molar-refractivity contribution in [3.05, 3.63) is 0 Å². The molecule has 0 aromatic carbocycles. The molecule has 0 fully saturated rings. The summed E-state index contributed by atoms with van der Waals surface area (Å²) in [7, 11) is 0. The summed E-state index contributed by atoms with van der Waals surface area (Å²) in [4.78, 5) is 24.2. The van der Waals surface area contributed by atoms with Gasteiger partial charge < -0.3 is 11.5 Å². The molecule has 0 rings (SSSR count). The van der Waals surface area contributed by atoms with Crippen LogP contribution in [0.5, 0.6) is 0 Å². The normalized spacial score (nSPS) is 12.6. The molecule has 7 heteroatoms. The van der Waals surface area contributed by atoms with Gasteiger partial charge in [0.25, 0.3) is 0 Å². The maximum Gasteiger partial charge on any atom is 0.318 e. The van der Waals surface area contributed by atoms with Crippen molar-refractivity contribution in [1.29, 1.82) is 0 Å². The van der Waals surface area contributed by atoms with Crippen molar-refractivity contribution in [2.24, 2.45) is 11.5 Å². The number of nitrogens with one attached hydrogen (secondary N) is 1. The monoisotopic (exact) mass is 246 g/mol. The van der Waals surface area contributed by atoms with Gasteiger partial charge in [0.2, 0.25) is 5.91 Å². The van der Waals surface area contributed by atoms with Crippen molar-refractivity contribution < 1.29 is 9.59 Å². The summed E-state index contributed by atoms with van der Waals surface area (Å²) in [6, 6.07) is -1.31. The molecule has 0 aliphatic rings. The third-order valence-corrected chi connectivity index (χ3v) is 2.25. The van der Waals surface area contributed by atoms with E-state index in [9.17, 15) is 9.59 Å². The van der Waals surface area contributed by atoms with Crippen molar-refractivity contribution in [2.75, 3.05) is 6.54 Å². The number of hydrogen-bond acceptors (Lipinski definition) is 4. The number of carbonyl (C=O) groups is 2. The van der Waals surface area contributed by atoms with E-state index in [-0.39, 0.29) is 6.04 Å². The maximum absolute atomic E-state index is 11.5. The Morgan fingerprint density at radius 2 is 1.81 bits per heavy atom. The lowest BCUT2D eigenvalue weighted by atomic mass is 10.2.